The Morgan fingerprint density at radius 1 is 1.58 bits per heavy atom. The fourth-order valence-corrected chi connectivity index (χ4v) is 3.94. The van der Waals surface area contributed by atoms with Gasteiger partial charge in [0.1, 0.15) is 0 Å². The molecule has 0 radical (unpaired) electrons. The summed E-state index contributed by atoms with van der Waals surface area (Å²) in [7, 11) is 1.91. The van der Waals surface area contributed by atoms with Crippen LogP contribution in [-0.2, 0) is 29.4 Å². The van der Waals surface area contributed by atoms with Crippen molar-refractivity contribution in [1.82, 2.24) is 14.7 Å². The molecule has 0 saturated carbocycles. The Kier molecular flexibility index (Phi) is 5.48. The van der Waals surface area contributed by atoms with Gasteiger partial charge in [-0.25, -0.2) is 0 Å². The van der Waals surface area contributed by atoms with Crippen LogP contribution in [0.3, 0.4) is 0 Å². The lowest BCUT2D eigenvalue weighted by atomic mass is 10.0. The molecule has 0 bridgehead atoms. The van der Waals surface area contributed by atoms with Gasteiger partial charge in [-0.15, -0.1) is 17.9 Å². The van der Waals surface area contributed by atoms with Crippen LogP contribution in [0.4, 0.5) is 0 Å². The number of carbonyl (C=O) groups excluding carboxylic acids is 1. The number of thiophene rings is 1. The fourth-order valence-electron chi connectivity index (χ4n) is 3.25. The van der Waals surface area contributed by atoms with E-state index in [0.717, 1.165) is 29.8 Å². The summed E-state index contributed by atoms with van der Waals surface area (Å²) in [6.07, 6.45) is 7.79. The van der Waals surface area contributed by atoms with Crippen molar-refractivity contribution >= 4 is 17.2 Å². The maximum Gasteiger partial charge on any atom is 0.228 e. The van der Waals surface area contributed by atoms with Crippen molar-refractivity contribution in [3.05, 3.63) is 53.0 Å². The summed E-state index contributed by atoms with van der Waals surface area (Å²) in [5.41, 5.74) is 1.13. The molecule has 2 aromatic rings. The highest BCUT2D eigenvalue weighted by Gasteiger charge is 2.37. The van der Waals surface area contributed by atoms with Crippen LogP contribution < -0.4 is 0 Å². The molecule has 1 fully saturated rings. The average molecular weight is 345 g/mol. The number of rotatable bonds is 7. The number of likely N-dealkylation sites (tertiary alicyclic amines) is 1. The summed E-state index contributed by atoms with van der Waals surface area (Å²) in [6.45, 7) is 4.98. The van der Waals surface area contributed by atoms with Crippen LogP contribution in [0, 0.1) is 0 Å². The van der Waals surface area contributed by atoms with Gasteiger partial charge in [0.25, 0.3) is 0 Å². The van der Waals surface area contributed by atoms with Crippen molar-refractivity contribution in [3.63, 3.8) is 0 Å². The number of nitrogens with zero attached hydrogens (tertiary/aromatic N) is 3. The van der Waals surface area contributed by atoms with Crippen molar-refractivity contribution in [2.45, 2.75) is 31.4 Å². The van der Waals surface area contributed by atoms with Gasteiger partial charge in [0, 0.05) is 24.7 Å². The van der Waals surface area contributed by atoms with Gasteiger partial charge in [0.15, 0.2) is 0 Å². The first-order chi connectivity index (χ1) is 11.7. The van der Waals surface area contributed by atoms with Crippen LogP contribution in [-0.4, -0.2) is 45.9 Å². The Morgan fingerprint density at radius 2 is 2.46 bits per heavy atom. The van der Waals surface area contributed by atoms with Gasteiger partial charge in [-0.05, 0) is 29.9 Å². The van der Waals surface area contributed by atoms with E-state index >= 15 is 0 Å². The maximum absolute atomic E-state index is 12.8. The molecule has 2 atom stereocenters. The Labute approximate surface area is 146 Å². The minimum Gasteiger partial charge on any atom is -0.372 e. The van der Waals surface area contributed by atoms with Gasteiger partial charge in [-0.2, -0.15) is 5.10 Å². The molecule has 0 spiro atoms. The molecule has 1 aliphatic rings. The molecule has 24 heavy (non-hydrogen) atoms. The molecule has 1 aliphatic heterocycles. The van der Waals surface area contributed by atoms with Crippen LogP contribution in [0.2, 0.25) is 0 Å². The maximum atomic E-state index is 12.8. The molecule has 0 N–H and O–H groups in total. The van der Waals surface area contributed by atoms with E-state index in [1.807, 2.05) is 41.9 Å². The molecule has 3 rings (SSSR count). The highest BCUT2D eigenvalue weighted by Crippen LogP contribution is 2.26. The summed E-state index contributed by atoms with van der Waals surface area (Å²) in [6, 6.07) is 4.06. The van der Waals surface area contributed by atoms with E-state index in [2.05, 4.69) is 11.7 Å². The van der Waals surface area contributed by atoms with Gasteiger partial charge < -0.3 is 9.64 Å². The zero-order valence-electron chi connectivity index (χ0n) is 13.9. The number of ether oxygens (including phenoxy) is 1. The van der Waals surface area contributed by atoms with Gasteiger partial charge in [-0.1, -0.05) is 12.1 Å². The predicted molar refractivity (Wildman–Crippen MR) is 95.0 cm³/mol. The molecule has 1 amide bonds. The highest BCUT2D eigenvalue weighted by molar-refractivity contribution is 7.10. The topological polar surface area (TPSA) is 47.4 Å². The third kappa shape index (κ3) is 3.94. The monoisotopic (exact) mass is 345 g/mol. The molecular weight excluding hydrogens is 322 g/mol. The summed E-state index contributed by atoms with van der Waals surface area (Å²) < 4.78 is 7.72. The van der Waals surface area contributed by atoms with E-state index in [-0.39, 0.29) is 18.1 Å². The van der Waals surface area contributed by atoms with E-state index in [4.69, 9.17) is 4.74 Å². The normalized spacial score (nSPS) is 20.5. The van der Waals surface area contributed by atoms with Crippen molar-refractivity contribution in [2.24, 2.45) is 7.05 Å². The number of hydrogen-bond donors (Lipinski definition) is 0. The van der Waals surface area contributed by atoms with Gasteiger partial charge in [0.2, 0.25) is 5.91 Å². The minimum atomic E-state index is 0.0514. The smallest absolute Gasteiger partial charge is 0.228 e. The number of hydrogen-bond acceptors (Lipinski definition) is 4. The highest BCUT2D eigenvalue weighted by atomic mass is 32.1. The molecular formula is C18H23N3O2S. The zero-order chi connectivity index (χ0) is 16.9. The van der Waals surface area contributed by atoms with E-state index in [9.17, 15) is 4.79 Å². The first-order valence-electron chi connectivity index (χ1n) is 8.19. The minimum absolute atomic E-state index is 0.0514. The lowest BCUT2D eigenvalue weighted by Crippen LogP contribution is -2.42. The number of amides is 1. The third-order valence-corrected chi connectivity index (χ3v) is 5.22. The largest absolute Gasteiger partial charge is 0.372 e. The lowest BCUT2D eigenvalue weighted by molar-refractivity contribution is -0.132. The van der Waals surface area contributed by atoms with Crippen LogP contribution in [0.5, 0.6) is 0 Å². The summed E-state index contributed by atoms with van der Waals surface area (Å²) in [5, 5.41) is 6.24. The molecule has 1 saturated heterocycles. The van der Waals surface area contributed by atoms with E-state index < -0.39 is 0 Å². The summed E-state index contributed by atoms with van der Waals surface area (Å²) in [4.78, 5) is 15.9. The Bertz CT molecular complexity index is 680. The zero-order valence-corrected chi connectivity index (χ0v) is 14.7. The van der Waals surface area contributed by atoms with Crippen molar-refractivity contribution in [3.8, 4) is 0 Å². The van der Waals surface area contributed by atoms with Gasteiger partial charge in [-0.3, -0.25) is 9.48 Å². The van der Waals surface area contributed by atoms with Crippen LogP contribution >= 0.6 is 11.3 Å². The second-order valence-corrected chi connectivity index (χ2v) is 7.12. The van der Waals surface area contributed by atoms with Crippen molar-refractivity contribution in [2.75, 3.05) is 13.2 Å². The number of aromatic nitrogens is 2. The molecule has 0 aliphatic carbocycles. The second kappa shape index (κ2) is 7.77. The van der Waals surface area contributed by atoms with E-state index in [1.54, 1.807) is 22.1 Å². The first-order valence-corrected chi connectivity index (χ1v) is 9.07. The molecule has 128 valence electrons. The number of carbonyl (C=O) groups is 1. The fraction of sp³-hybridized carbons (Fsp3) is 0.444. The average Bonchev–Trinajstić information content (AvgIpc) is 3.28. The standard InChI is InChI=1S/C18H23N3O2S/c1-3-8-23-17-6-7-21(18(22)11-15-5-4-9-24-15)16(17)10-14-12-19-20(2)13-14/h3-5,9,12-13,16-17H,1,6-8,10-11H2,2H3/t16-,17+/m1/s1. The summed E-state index contributed by atoms with van der Waals surface area (Å²) >= 11 is 1.63. The Hall–Kier alpha value is -1.92. The second-order valence-electron chi connectivity index (χ2n) is 6.09. The molecule has 6 heteroatoms. The van der Waals surface area contributed by atoms with Gasteiger partial charge >= 0.3 is 0 Å². The molecule has 0 aromatic carbocycles. The molecule has 3 heterocycles. The SMILES string of the molecule is C=CCO[C@H]1CCN(C(=O)Cc2cccs2)[C@@H]1Cc1cnn(C)c1. The van der Waals surface area contributed by atoms with Crippen LogP contribution in [0.15, 0.2) is 42.6 Å². The van der Waals surface area contributed by atoms with E-state index in [1.165, 1.54) is 0 Å². The third-order valence-electron chi connectivity index (χ3n) is 4.34. The van der Waals surface area contributed by atoms with Crippen LogP contribution in [0.1, 0.15) is 16.9 Å². The molecule has 5 nitrogen and oxygen atoms in total. The molecule has 0 unspecified atom stereocenters. The quantitative estimate of drug-likeness (QED) is 0.724. The lowest BCUT2D eigenvalue weighted by Gasteiger charge is -2.28. The molecule has 2 aromatic heterocycles. The number of aryl methyl sites for hydroxylation is 1. The Balaban J connectivity index is 1.72. The van der Waals surface area contributed by atoms with Crippen LogP contribution in [0.25, 0.3) is 0 Å². The first kappa shape index (κ1) is 16.9. The Morgan fingerprint density at radius 3 is 3.12 bits per heavy atom. The van der Waals surface area contributed by atoms with Crippen molar-refractivity contribution in [1.29, 1.82) is 0 Å². The van der Waals surface area contributed by atoms with Crippen molar-refractivity contribution < 1.29 is 9.53 Å². The van der Waals surface area contributed by atoms with Gasteiger partial charge in [0.05, 0.1) is 31.4 Å². The predicted octanol–water partition coefficient (Wildman–Crippen LogP) is 2.44. The van der Waals surface area contributed by atoms with E-state index in [0.29, 0.717) is 13.0 Å². The summed E-state index contributed by atoms with van der Waals surface area (Å²) in [5.74, 6) is 0.177.